The number of nitrogens with zero attached hydrogens (tertiary/aromatic N) is 1. The van der Waals surface area contributed by atoms with Crippen LogP contribution in [-0.2, 0) is 9.53 Å². The van der Waals surface area contributed by atoms with E-state index in [0.717, 1.165) is 13.0 Å². The lowest BCUT2D eigenvalue weighted by atomic mass is 10.1. The predicted molar refractivity (Wildman–Crippen MR) is 66.8 cm³/mol. The Morgan fingerprint density at radius 3 is 2.94 bits per heavy atom. The van der Waals surface area contributed by atoms with Crippen molar-refractivity contribution < 1.29 is 9.53 Å². The number of esters is 1. The summed E-state index contributed by atoms with van der Waals surface area (Å²) < 4.78 is 4.86. The molecule has 0 spiro atoms. The van der Waals surface area contributed by atoms with E-state index in [9.17, 15) is 4.79 Å². The Hall–Kier alpha value is -0.870. The van der Waals surface area contributed by atoms with E-state index < -0.39 is 0 Å². The van der Waals surface area contributed by atoms with Crippen LogP contribution in [0, 0.1) is 0 Å². The third-order valence-corrected chi connectivity index (χ3v) is 3.55. The second kappa shape index (κ2) is 6.17. The molecule has 2 saturated heterocycles. The van der Waals surface area contributed by atoms with Crippen molar-refractivity contribution in [1.29, 1.82) is 0 Å². The molecule has 4 nitrogen and oxygen atoms in total. The molecule has 0 radical (unpaired) electrons. The quantitative estimate of drug-likeness (QED) is 0.584. The van der Waals surface area contributed by atoms with Crippen LogP contribution in [-0.4, -0.2) is 49.2 Å². The minimum absolute atomic E-state index is 0.237. The van der Waals surface area contributed by atoms with Crippen molar-refractivity contribution >= 4 is 5.97 Å². The van der Waals surface area contributed by atoms with Crippen molar-refractivity contribution in [3.05, 3.63) is 12.2 Å². The topological polar surface area (TPSA) is 41.6 Å². The van der Waals surface area contributed by atoms with Gasteiger partial charge in [0.15, 0.2) is 0 Å². The van der Waals surface area contributed by atoms with Gasteiger partial charge >= 0.3 is 5.97 Å². The number of carbonyl (C=O) groups is 1. The molecule has 4 heteroatoms. The molecule has 2 aliphatic rings. The van der Waals surface area contributed by atoms with Crippen molar-refractivity contribution in [3.8, 4) is 0 Å². The molecule has 2 heterocycles. The summed E-state index contributed by atoms with van der Waals surface area (Å²) in [4.78, 5) is 13.8. The summed E-state index contributed by atoms with van der Waals surface area (Å²) in [5.74, 6) is -0.237. The highest BCUT2D eigenvalue weighted by Crippen LogP contribution is 2.19. The first-order valence-electron chi connectivity index (χ1n) is 6.62. The summed E-state index contributed by atoms with van der Waals surface area (Å²) in [5.41, 5.74) is 0. The van der Waals surface area contributed by atoms with Crippen LogP contribution >= 0.6 is 0 Å². The molecule has 17 heavy (non-hydrogen) atoms. The Morgan fingerprint density at radius 1 is 1.47 bits per heavy atom. The van der Waals surface area contributed by atoms with E-state index in [4.69, 9.17) is 4.74 Å². The molecule has 0 bridgehead atoms. The zero-order valence-electron chi connectivity index (χ0n) is 10.5. The first-order valence-corrected chi connectivity index (χ1v) is 6.62. The van der Waals surface area contributed by atoms with Crippen LogP contribution in [0.2, 0.25) is 0 Å². The van der Waals surface area contributed by atoms with E-state index in [1.165, 1.54) is 25.9 Å². The van der Waals surface area contributed by atoms with Gasteiger partial charge in [-0.1, -0.05) is 6.08 Å². The van der Waals surface area contributed by atoms with E-state index >= 15 is 0 Å². The van der Waals surface area contributed by atoms with Crippen molar-refractivity contribution in [1.82, 2.24) is 10.2 Å². The lowest BCUT2D eigenvalue weighted by Gasteiger charge is -2.21. The van der Waals surface area contributed by atoms with Gasteiger partial charge in [0.2, 0.25) is 0 Å². The molecule has 2 rings (SSSR count). The first-order chi connectivity index (χ1) is 8.29. The summed E-state index contributed by atoms with van der Waals surface area (Å²) in [6.07, 6.45) is 7.26. The van der Waals surface area contributed by atoms with Crippen LogP contribution in [0.25, 0.3) is 0 Å². The van der Waals surface area contributed by atoms with Crippen LogP contribution in [0.5, 0.6) is 0 Å². The lowest BCUT2D eigenvalue weighted by Crippen LogP contribution is -2.34. The van der Waals surface area contributed by atoms with Crippen LogP contribution in [0.15, 0.2) is 12.2 Å². The van der Waals surface area contributed by atoms with Crippen LogP contribution in [0.3, 0.4) is 0 Å². The highest BCUT2D eigenvalue weighted by molar-refractivity contribution is 5.81. The average Bonchev–Trinajstić information content (AvgIpc) is 2.97. The van der Waals surface area contributed by atoms with Gasteiger partial charge in [-0.25, -0.2) is 4.79 Å². The van der Waals surface area contributed by atoms with Crippen molar-refractivity contribution in [3.63, 3.8) is 0 Å². The number of ether oxygens (including phenoxy) is 1. The largest absolute Gasteiger partial charge is 0.463 e. The van der Waals surface area contributed by atoms with Crippen molar-refractivity contribution in [2.75, 3.05) is 26.2 Å². The summed E-state index contributed by atoms with van der Waals surface area (Å²) >= 11 is 0. The normalized spacial score (nSPS) is 30.2. The Labute approximate surface area is 103 Å². The second-order valence-corrected chi connectivity index (χ2v) is 4.76. The summed E-state index contributed by atoms with van der Waals surface area (Å²) in [5, 5.41) is 3.44. The highest BCUT2D eigenvalue weighted by Gasteiger charge is 2.28. The molecular weight excluding hydrogens is 216 g/mol. The Kier molecular flexibility index (Phi) is 4.57. The number of likely N-dealkylation sites (tertiary alicyclic amines) is 1. The molecule has 96 valence electrons. The van der Waals surface area contributed by atoms with Gasteiger partial charge in [-0.3, -0.25) is 4.90 Å². The standard InChI is InChI=1S/C13H22N2O2/c1-2-17-13(16)6-5-11-9-12(10-14-11)15-7-3-4-8-15/h5-6,11-12,14H,2-4,7-10H2,1H3/b6-5+/t11-,12-/m1/s1. The number of hydrogen-bond acceptors (Lipinski definition) is 4. The molecular formula is C13H22N2O2. The molecule has 0 aromatic carbocycles. The fourth-order valence-corrected chi connectivity index (χ4v) is 2.66. The molecule has 0 aromatic rings. The number of hydrogen-bond donors (Lipinski definition) is 1. The smallest absolute Gasteiger partial charge is 0.330 e. The Morgan fingerprint density at radius 2 is 2.24 bits per heavy atom. The zero-order valence-corrected chi connectivity index (χ0v) is 10.5. The Bertz CT molecular complexity index is 285. The second-order valence-electron chi connectivity index (χ2n) is 4.76. The maximum atomic E-state index is 11.2. The van der Waals surface area contributed by atoms with E-state index in [0.29, 0.717) is 18.7 Å². The number of nitrogens with one attached hydrogen (secondary N) is 1. The van der Waals surface area contributed by atoms with Gasteiger partial charge in [0, 0.05) is 24.7 Å². The van der Waals surface area contributed by atoms with Crippen molar-refractivity contribution in [2.24, 2.45) is 0 Å². The molecule has 2 atom stereocenters. The van der Waals surface area contributed by atoms with Crippen molar-refractivity contribution in [2.45, 2.75) is 38.3 Å². The monoisotopic (exact) mass is 238 g/mol. The van der Waals surface area contributed by atoms with Gasteiger partial charge in [-0.15, -0.1) is 0 Å². The van der Waals surface area contributed by atoms with Crippen LogP contribution < -0.4 is 5.32 Å². The lowest BCUT2D eigenvalue weighted by molar-refractivity contribution is -0.137. The fraction of sp³-hybridized carbons (Fsp3) is 0.769. The molecule has 0 aliphatic carbocycles. The molecule has 0 unspecified atom stereocenters. The first kappa shape index (κ1) is 12.6. The highest BCUT2D eigenvalue weighted by atomic mass is 16.5. The number of carbonyl (C=O) groups excluding carboxylic acids is 1. The summed E-state index contributed by atoms with van der Waals surface area (Å²) in [6.45, 7) is 5.78. The van der Waals surface area contributed by atoms with Gasteiger partial charge in [-0.2, -0.15) is 0 Å². The van der Waals surface area contributed by atoms with E-state index in [-0.39, 0.29) is 5.97 Å². The third kappa shape index (κ3) is 3.54. The Balaban J connectivity index is 1.75. The number of rotatable bonds is 4. The van der Waals surface area contributed by atoms with E-state index in [2.05, 4.69) is 10.2 Å². The van der Waals surface area contributed by atoms with Gasteiger partial charge in [-0.05, 0) is 39.3 Å². The average molecular weight is 238 g/mol. The molecule has 0 aromatic heterocycles. The minimum atomic E-state index is -0.237. The van der Waals surface area contributed by atoms with Gasteiger partial charge in [0.05, 0.1) is 6.61 Å². The minimum Gasteiger partial charge on any atom is -0.463 e. The molecule has 2 aliphatic heterocycles. The van der Waals surface area contributed by atoms with Crippen LogP contribution in [0.4, 0.5) is 0 Å². The van der Waals surface area contributed by atoms with Crippen LogP contribution in [0.1, 0.15) is 26.2 Å². The molecule has 1 N–H and O–H groups in total. The van der Waals surface area contributed by atoms with Gasteiger partial charge in [0.1, 0.15) is 0 Å². The zero-order chi connectivity index (χ0) is 12.1. The van der Waals surface area contributed by atoms with E-state index in [1.54, 1.807) is 6.08 Å². The molecule has 0 amide bonds. The third-order valence-electron chi connectivity index (χ3n) is 3.55. The fourth-order valence-electron chi connectivity index (χ4n) is 2.66. The summed E-state index contributed by atoms with van der Waals surface area (Å²) in [6, 6.07) is 0.972. The summed E-state index contributed by atoms with van der Waals surface area (Å²) in [7, 11) is 0. The maximum absolute atomic E-state index is 11.2. The van der Waals surface area contributed by atoms with Gasteiger partial charge in [0.25, 0.3) is 0 Å². The molecule has 2 fully saturated rings. The van der Waals surface area contributed by atoms with Gasteiger partial charge < -0.3 is 10.1 Å². The predicted octanol–water partition coefficient (Wildman–Crippen LogP) is 0.932. The SMILES string of the molecule is CCOC(=O)/C=C/[C@@H]1C[C@@H](N2CCCC2)CN1. The maximum Gasteiger partial charge on any atom is 0.330 e. The van der Waals surface area contributed by atoms with E-state index in [1.807, 2.05) is 13.0 Å². The molecule has 0 saturated carbocycles.